The number of hydrogen-bond acceptors (Lipinski definition) is 5. The molecule has 1 aromatic heterocycles. The Morgan fingerprint density at radius 1 is 1.00 bits per heavy atom. The van der Waals surface area contributed by atoms with Gasteiger partial charge in [-0.05, 0) is 36.4 Å². The van der Waals surface area contributed by atoms with E-state index >= 15 is 0 Å². The molecule has 150 valence electrons. The molecule has 0 bridgehead atoms. The fourth-order valence-corrected chi connectivity index (χ4v) is 5.96. The van der Waals surface area contributed by atoms with Crippen LogP contribution < -0.4 is 0 Å². The monoisotopic (exact) mass is 444 g/mol. The lowest BCUT2D eigenvalue weighted by Crippen LogP contribution is -2.50. The Morgan fingerprint density at radius 2 is 1.64 bits per heavy atom. The van der Waals surface area contributed by atoms with E-state index < -0.39 is 15.8 Å². The Hall–Kier alpha value is -1.81. The zero-order valence-corrected chi connectivity index (χ0v) is 17.2. The van der Waals surface area contributed by atoms with Crippen LogP contribution in [0.4, 0.5) is 4.39 Å². The zero-order valence-electron chi connectivity index (χ0n) is 14.8. The molecule has 2 aromatic rings. The Balaban J connectivity index is 1.51. The number of thiophene rings is 1. The van der Waals surface area contributed by atoms with Crippen molar-refractivity contribution < 1.29 is 22.4 Å². The van der Waals surface area contributed by atoms with Crippen LogP contribution >= 0.6 is 22.9 Å². The number of Topliss-reactive ketones (excluding diaryl/α,β-unsaturated/α-hetero) is 1. The van der Waals surface area contributed by atoms with Crippen LogP contribution in [0.3, 0.4) is 0 Å². The second-order valence-corrected chi connectivity index (χ2v) is 10.2. The van der Waals surface area contributed by atoms with Crippen molar-refractivity contribution in [2.24, 2.45) is 0 Å². The van der Waals surface area contributed by atoms with Gasteiger partial charge in [-0.1, -0.05) is 11.6 Å². The molecule has 28 heavy (non-hydrogen) atoms. The van der Waals surface area contributed by atoms with E-state index in [0.29, 0.717) is 9.90 Å². The maximum Gasteiger partial charge on any atom is 0.252 e. The molecule has 1 fully saturated rings. The smallest absolute Gasteiger partial charge is 0.252 e. The summed E-state index contributed by atoms with van der Waals surface area (Å²) in [5.41, 5.74) is 0.361. The van der Waals surface area contributed by atoms with Gasteiger partial charge in [-0.3, -0.25) is 9.59 Å². The summed E-state index contributed by atoms with van der Waals surface area (Å²) in [5.74, 6) is -0.860. The first kappa shape index (κ1) is 20.9. The molecule has 0 N–H and O–H groups in total. The minimum absolute atomic E-state index is 0.0245. The van der Waals surface area contributed by atoms with E-state index in [1.54, 1.807) is 4.90 Å². The molecule has 6 nitrogen and oxygen atoms in total. The fourth-order valence-electron chi connectivity index (χ4n) is 2.90. The number of sulfonamides is 1. The molecule has 1 aliphatic heterocycles. The highest BCUT2D eigenvalue weighted by atomic mass is 35.5. The van der Waals surface area contributed by atoms with E-state index in [1.807, 2.05) is 0 Å². The lowest BCUT2D eigenvalue weighted by molar-refractivity contribution is -0.132. The van der Waals surface area contributed by atoms with E-state index in [2.05, 4.69) is 0 Å². The van der Waals surface area contributed by atoms with Crippen molar-refractivity contribution in [3.05, 3.63) is 52.1 Å². The number of amides is 1. The van der Waals surface area contributed by atoms with Crippen LogP contribution in [-0.4, -0.2) is 55.5 Å². The number of hydrogen-bond donors (Lipinski definition) is 0. The molecule has 0 radical (unpaired) electrons. The minimum Gasteiger partial charge on any atom is -0.340 e. The van der Waals surface area contributed by atoms with Crippen molar-refractivity contribution >= 4 is 44.7 Å². The van der Waals surface area contributed by atoms with E-state index in [9.17, 15) is 22.4 Å². The quantitative estimate of drug-likeness (QED) is 0.642. The molecular weight excluding hydrogens is 427 g/mol. The molecule has 0 saturated carbocycles. The van der Waals surface area contributed by atoms with Gasteiger partial charge in [-0.15, -0.1) is 11.3 Å². The lowest BCUT2D eigenvalue weighted by atomic mass is 10.1. The molecule has 1 aliphatic rings. The summed E-state index contributed by atoms with van der Waals surface area (Å²) in [4.78, 5) is 26.0. The number of rotatable bonds is 6. The maximum atomic E-state index is 12.9. The SMILES string of the molecule is O=C(CCC(=O)N1CCN(S(=O)(=O)c2ccc(Cl)s2)CC1)c1ccc(F)cc1. The van der Waals surface area contributed by atoms with Crippen LogP contribution in [0, 0.1) is 5.82 Å². The standard InChI is InChI=1S/C18H18ClFN2O4S2/c19-16-6-8-18(27-16)28(25,26)22-11-9-21(10-12-22)17(24)7-5-15(23)13-1-3-14(20)4-2-13/h1-4,6,8H,5,7,9-12H2. The van der Waals surface area contributed by atoms with Crippen LogP contribution in [0.5, 0.6) is 0 Å². The largest absolute Gasteiger partial charge is 0.340 e. The summed E-state index contributed by atoms with van der Waals surface area (Å²) in [6.07, 6.45) is 0.0557. The number of benzene rings is 1. The summed E-state index contributed by atoms with van der Waals surface area (Å²) in [7, 11) is -3.61. The summed E-state index contributed by atoms with van der Waals surface area (Å²) in [6.45, 7) is 0.912. The normalized spacial score (nSPS) is 15.6. The molecule has 0 unspecified atom stereocenters. The van der Waals surface area contributed by atoms with Crippen LogP contribution in [0.25, 0.3) is 0 Å². The van der Waals surface area contributed by atoms with Gasteiger partial charge in [-0.25, -0.2) is 12.8 Å². The van der Waals surface area contributed by atoms with Crippen molar-refractivity contribution in [3.8, 4) is 0 Å². The van der Waals surface area contributed by atoms with Gasteiger partial charge in [0.05, 0.1) is 4.34 Å². The number of piperazine rings is 1. The first-order valence-corrected chi connectivity index (χ1v) is 11.2. The fraction of sp³-hybridized carbons (Fsp3) is 0.333. The summed E-state index contributed by atoms with van der Waals surface area (Å²) >= 11 is 6.82. The van der Waals surface area contributed by atoms with Crippen LogP contribution in [0.1, 0.15) is 23.2 Å². The predicted octanol–water partition coefficient (Wildman–Crippen LogP) is 3.04. The molecule has 3 rings (SSSR count). The van der Waals surface area contributed by atoms with E-state index in [0.717, 1.165) is 11.3 Å². The lowest BCUT2D eigenvalue weighted by Gasteiger charge is -2.33. The first-order valence-electron chi connectivity index (χ1n) is 8.59. The molecule has 1 saturated heterocycles. The average molecular weight is 445 g/mol. The molecule has 1 amide bonds. The number of nitrogens with zero attached hydrogens (tertiary/aromatic N) is 2. The van der Waals surface area contributed by atoms with Crippen molar-refractivity contribution in [2.45, 2.75) is 17.1 Å². The van der Waals surface area contributed by atoms with Gasteiger partial charge in [0, 0.05) is 44.6 Å². The number of carbonyl (C=O) groups excluding carboxylic acids is 2. The summed E-state index contributed by atoms with van der Waals surface area (Å²) in [5, 5.41) is 0. The van der Waals surface area contributed by atoms with Crippen molar-refractivity contribution in [1.29, 1.82) is 0 Å². The summed E-state index contributed by atoms with van der Waals surface area (Å²) < 4.78 is 40.0. The molecule has 0 aliphatic carbocycles. The van der Waals surface area contributed by atoms with Gasteiger partial charge in [-0.2, -0.15) is 4.31 Å². The van der Waals surface area contributed by atoms with E-state index in [1.165, 1.54) is 40.7 Å². The van der Waals surface area contributed by atoms with Gasteiger partial charge >= 0.3 is 0 Å². The molecular formula is C18H18ClFN2O4S2. The van der Waals surface area contributed by atoms with Crippen molar-refractivity contribution in [3.63, 3.8) is 0 Å². The van der Waals surface area contributed by atoms with Crippen LogP contribution in [0.15, 0.2) is 40.6 Å². The Kier molecular flexibility index (Phi) is 6.49. The van der Waals surface area contributed by atoms with Crippen molar-refractivity contribution in [2.75, 3.05) is 26.2 Å². The highest BCUT2D eigenvalue weighted by Gasteiger charge is 2.31. The maximum absolute atomic E-state index is 12.9. The minimum atomic E-state index is -3.61. The molecule has 10 heteroatoms. The van der Waals surface area contributed by atoms with Crippen LogP contribution in [0.2, 0.25) is 4.34 Å². The first-order chi connectivity index (χ1) is 13.3. The number of ketones is 1. The van der Waals surface area contributed by atoms with Crippen molar-refractivity contribution in [1.82, 2.24) is 9.21 Å². The molecule has 0 atom stereocenters. The number of carbonyl (C=O) groups is 2. The van der Waals surface area contributed by atoms with Gasteiger partial charge < -0.3 is 4.90 Å². The zero-order chi connectivity index (χ0) is 20.3. The highest BCUT2D eigenvalue weighted by molar-refractivity contribution is 7.91. The Morgan fingerprint density at radius 3 is 2.21 bits per heavy atom. The van der Waals surface area contributed by atoms with Gasteiger partial charge in [0.2, 0.25) is 5.91 Å². The third-order valence-electron chi connectivity index (χ3n) is 4.47. The Labute approximate surface area is 171 Å². The molecule has 2 heterocycles. The van der Waals surface area contributed by atoms with E-state index in [-0.39, 0.29) is 54.9 Å². The number of halogens is 2. The van der Waals surface area contributed by atoms with Gasteiger partial charge in [0.25, 0.3) is 10.0 Å². The van der Waals surface area contributed by atoms with E-state index in [4.69, 9.17) is 11.6 Å². The molecule has 1 aromatic carbocycles. The summed E-state index contributed by atoms with van der Waals surface area (Å²) in [6, 6.07) is 8.20. The average Bonchev–Trinajstić information content (AvgIpc) is 3.13. The predicted molar refractivity (Wildman–Crippen MR) is 105 cm³/mol. The van der Waals surface area contributed by atoms with Crippen LogP contribution in [-0.2, 0) is 14.8 Å². The third kappa shape index (κ3) is 4.78. The Bertz CT molecular complexity index is 968. The topological polar surface area (TPSA) is 74.8 Å². The second kappa shape index (κ2) is 8.69. The third-order valence-corrected chi connectivity index (χ3v) is 8.06. The second-order valence-electron chi connectivity index (χ2n) is 6.27. The van der Waals surface area contributed by atoms with Gasteiger partial charge in [0.1, 0.15) is 10.0 Å². The molecule has 0 spiro atoms. The van der Waals surface area contributed by atoms with Gasteiger partial charge in [0.15, 0.2) is 5.78 Å². The highest BCUT2D eigenvalue weighted by Crippen LogP contribution is 2.28.